The number of nitrogens with zero attached hydrogens (tertiary/aromatic N) is 3. The summed E-state index contributed by atoms with van der Waals surface area (Å²) in [5.74, 6) is -6.35. The number of benzene rings is 2. The number of halogens is 4. The molecular weight excluding hydrogens is 521 g/mol. The fourth-order valence-corrected chi connectivity index (χ4v) is 7.94. The molecule has 4 rings (SSSR count). The number of hydrogen-bond donors (Lipinski definition) is 2. The van der Waals surface area contributed by atoms with Crippen LogP contribution in [-0.4, -0.2) is 36.8 Å². The Bertz CT molecular complexity index is 1360. The van der Waals surface area contributed by atoms with Crippen LogP contribution in [-0.2, 0) is 9.84 Å². The second kappa shape index (κ2) is 9.59. The van der Waals surface area contributed by atoms with Gasteiger partial charge in [-0.2, -0.15) is 0 Å². The Balaban J connectivity index is 1.61. The summed E-state index contributed by atoms with van der Waals surface area (Å²) in [6.45, 7) is 1.77. The molecule has 0 radical (unpaired) electrons. The summed E-state index contributed by atoms with van der Waals surface area (Å²) in [6, 6.07) is 4.75. The summed E-state index contributed by atoms with van der Waals surface area (Å²) >= 11 is 6.21. The summed E-state index contributed by atoms with van der Waals surface area (Å²) in [7, 11) is -4.06. The number of carbonyl (C=O) groups is 1. The van der Waals surface area contributed by atoms with Crippen molar-refractivity contribution in [3.63, 3.8) is 0 Å². The number of carbonyl (C=O) groups excluding carboxylic acids is 1. The normalized spacial score (nSPS) is 27.4. The highest BCUT2D eigenvalue weighted by molar-refractivity contribution is 7.92. The van der Waals surface area contributed by atoms with E-state index < -0.39 is 55.9 Å². The molecule has 1 amide bonds. The van der Waals surface area contributed by atoms with Crippen molar-refractivity contribution in [1.29, 1.82) is 0 Å². The summed E-state index contributed by atoms with van der Waals surface area (Å²) < 4.78 is 67.4. The Morgan fingerprint density at radius 1 is 1.22 bits per heavy atom. The average molecular weight is 543 g/mol. The highest BCUT2D eigenvalue weighted by Crippen LogP contribution is 2.54. The summed E-state index contributed by atoms with van der Waals surface area (Å²) in [5, 5.41) is 15.9. The van der Waals surface area contributed by atoms with Crippen molar-refractivity contribution < 1.29 is 31.5 Å². The maximum atomic E-state index is 13.6. The van der Waals surface area contributed by atoms with Gasteiger partial charge in [0.25, 0.3) is 5.91 Å². The molecular formula is C23H22ClF3N4O4S. The van der Waals surface area contributed by atoms with E-state index in [1.165, 1.54) is 12.1 Å². The first kappa shape index (κ1) is 26.3. The SMILES string of the molecule is C[C@H]1CC2CC(S(=O)(=O)c3cc(C(=O)Nc4cc(F)c(F)c(F)c4)ccc3Cl)CC1[C@]2(O)CN=[N+]=[N-]. The minimum Gasteiger partial charge on any atom is -0.389 e. The average Bonchev–Trinajstić information content (AvgIpc) is 2.94. The molecule has 2 aromatic carbocycles. The predicted octanol–water partition coefficient (Wildman–Crippen LogP) is 5.26. The van der Waals surface area contributed by atoms with Crippen LogP contribution in [0, 0.1) is 35.2 Å². The van der Waals surface area contributed by atoms with E-state index in [4.69, 9.17) is 17.1 Å². The molecule has 0 aromatic heterocycles. The fourth-order valence-electron chi connectivity index (χ4n) is 5.56. The molecule has 2 saturated carbocycles. The number of nitrogens with one attached hydrogen (secondary N) is 1. The number of fused-ring (bicyclic) bond motifs is 2. The van der Waals surface area contributed by atoms with E-state index in [9.17, 15) is 31.5 Å². The molecule has 3 unspecified atom stereocenters. The molecule has 192 valence electrons. The van der Waals surface area contributed by atoms with Gasteiger partial charge in [0, 0.05) is 28.3 Å². The molecule has 2 bridgehead atoms. The fraction of sp³-hybridized carbons (Fsp3) is 0.435. The van der Waals surface area contributed by atoms with Gasteiger partial charge in [0.1, 0.15) is 0 Å². The molecule has 13 heteroatoms. The van der Waals surface area contributed by atoms with Gasteiger partial charge in [-0.25, -0.2) is 21.6 Å². The maximum absolute atomic E-state index is 13.6. The highest BCUT2D eigenvalue weighted by atomic mass is 35.5. The molecule has 2 fully saturated rings. The van der Waals surface area contributed by atoms with Crippen molar-refractivity contribution in [3.8, 4) is 0 Å². The topological polar surface area (TPSA) is 132 Å². The molecule has 8 nitrogen and oxygen atoms in total. The van der Waals surface area contributed by atoms with E-state index in [1.54, 1.807) is 0 Å². The van der Waals surface area contributed by atoms with Gasteiger partial charge in [0.15, 0.2) is 27.3 Å². The van der Waals surface area contributed by atoms with E-state index in [-0.39, 0.29) is 46.5 Å². The third kappa shape index (κ3) is 4.54. The summed E-state index contributed by atoms with van der Waals surface area (Å²) in [6.07, 6.45) is 0.828. The molecule has 2 aliphatic rings. The van der Waals surface area contributed by atoms with Gasteiger partial charge in [-0.15, -0.1) is 0 Å². The van der Waals surface area contributed by atoms with Crippen molar-refractivity contribution in [1.82, 2.24) is 0 Å². The molecule has 0 spiro atoms. The number of anilines is 1. The van der Waals surface area contributed by atoms with Crippen LogP contribution in [0.1, 0.15) is 36.5 Å². The van der Waals surface area contributed by atoms with E-state index in [0.717, 1.165) is 6.07 Å². The first-order valence-electron chi connectivity index (χ1n) is 11.1. The van der Waals surface area contributed by atoms with Crippen molar-refractivity contribution in [3.05, 3.63) is 68.8 Å². The van der Waals surface area contributed by atoms with Crippen LogP contribution in [0.4, 0.5) is 18.9 Å². The predicted molar refractivity (Wildman–Crippen MR) is 126 cm³/mol. The number of amides is 1. The molecule has 2 aliphatic carbocycles. The van der Waals surface area contributed by atoms with Gasteiger partial charge in [0.2, 0.25) is 0 Å². The third-order valence-electron chi connectivity index (χ3n) is 7.32. The van der Waals surface area contributed by atoms with Gasteiger partial charge in [-0.1, -0.05) is 23.6 Å². The standard InChI is InChI=1S/C23H22ClF3N4O4S/c1-11-4-13-6-15(9-16(11)23(13,33)10-29-31-28)36(34,35)20-5-12(2-3-17(20)24)22(32)30-14-7-18(25)21(27)19(26)8-14/h2-3,5,7-8,11,13,15-16,33H,4,6,9-10H2,1H3,(H,30,32)/t11-,13?,15?,16?,23-/m0/s1. The summed E-state index contributed by atoms with van der Waals surface area (Å²) in [4.78, 5) is 15.1. The van der Waals surface area contributed by atoms with Crippen LogP contribution < -0.4 is 5.32 Å². The largest absolute Gasteiger partial charge is 0.389 e. The lowest BCUT2D eigenvalue weighted by atomic mass is 9.73. The zero-order valence-electron chi connectivity index (χ0n) is 19.0. The van der Waals surface area contributed by atoms with E-state index in [2.05, 4.69) is 15.3 Å². The molecule has 0 aliphatic heterocycles. The van der Waals surface area contributed by atoms with Gasteiger partial charge in [-0.3, -0.25) is 4.79 Å². The smallest absolute Gasteiger partial charge is 0.255 e. The number of rotatable bonds is 6. The third-order valence-corrected chi connectivity index (χ3v) is 9.98. The second-order valence-corrected chi connectivity index (χ2v) is 12.0. The zero-order valence-corrected chi connectivity index (χ0v) is 20.5. The number of azide groups is 1. The van der Waals surface area contributed by atoms with E-state index in [0.29, 0.717) is 18.6 Å². The molecule has 2 N–H and O–H groups in total. The van der Waals surface area contributed by atoms with Crippen LogP contribution in [0.5, 0.6) is 0 Å². The zero-order chi connectivity index (χ0) is 26.4. The summed E-state index contributed by atoms with van der Waals surface area (Å²) in [5.41, 5.74) is 6.90. The quantitative estimate of drug-likeness (QED) is 0.223. The molecule has 5 atom stereocenters. The number of hydrogen-bond acceptors (Lipinski definition) is 5. The van der Waals surface area contributed by atoms with Crippen LogP contribution in [0.15, 0.2) is 40.3 Å². The molecule has 0 saturated heterocycles. The van der Waals surface area contributed by atoms with Crippen molar-refractivity contribution in [2.45, 2.75) is 41.9 Å². The highest BCUT2D eigenvalue weighted by Gasteiger charge is 2.58. The molecule has 36 heavy (non-hydrogen) atoms. The van der Waals surface area contributed by atoms with Gasteiger partial charge < -0.3 is 10.4 Å². The number of sulfone groups is 1. The lowest BCUT2D eigenvalue weighted by Crippen LogP contribution is -2.50. The lowest BCUT2D eigenvalue weighted by Gasteiger charge is -2.42. The van der Waals surface area contributed by atoms with E-state index in [1.807, 2.05) is 6.92 Å². The Labute approximate surface area is 210 Å². The van der Waals surface area contributed by atoms with Crippen molar-refractivity contribution in [2.75, 3.05) is 11.9 Å². The first-order valence-corrected chi connectivity index (χ1v) is 13.0. The molecule has 2 aromatic rings. The molecule has 0 heterocycles. The first-order chi connectivity index (χ1) is 16.9. The van der Waals surface area contributed by atoms with Crippen molar-refractivity contribution >= 4 is 33.0 Å². The van der Waals surface area contributed by atoms with Gasteiger partial charge >= 0.3 is 0 Å². The Hall–Kier alpha value is -2.79. The Morgan fingerprint density at radius 2 is 1.89 bits per heavy atom. The minimum absolute atomic E-state index is 0.0122. The lowest BCUT2D eigenvalue weighted by molar-refractivity contribution is -0.0548. The number of aliphatic hydroxyl groups is 1. The maximum Gasteiger partial charge on any atom is 0.255 e. The van der Waals surface area contributed by atoms with Crippen LogP contribution in [0.2, 0.25) is 5.02 Å². The monoisotopic (exact) mass is 542 g/mol. The Morgan fingerprint density at radius 3 is 2.50 bits per heavy atom. The van der Waals surface area contributed by atoms with Crippen LogP contribution >= 0.6 is 11.6 Å². The second-order valence-electron chi connectivity index (χ2n) is 9.39. The van der Waals surface area contributed by atoms with E-state index >= 15 is 0 Å². The van der Waals surface area contributed by atoms with Gasteiger partial charge in [-0.05, 0) is 60.7 Å². The van der Waals surface area contributed by atoms with Gasteiger partial charge in [0.05, 0.1) is 27.3 Å². The minimum atomic E-state index is -4.06. The Kier molecular flexibility index (Phi) is 7.00. The van der Waals surface area contributed by atoms with Crippen LogP contribution in [0.25, 0.3) is 10.4 Å². The van der Waals surface area contributed by atoms with Crippen molar-refractivity contribution in [2.24, 2.45) is 22.9 Å². The van der Waals surface area contributed by atoms with Crippen LogP contribution in [0.3, 0.4) is 0 Å².